The molecule has 1 aromatic carbocycles. The van der Waals surface area contributed by atoms with Gasteiger partial charge < -0.3 is 15.8 Å². The maximum atomic E-state index is 12.4. The lowest BCUT2D eigenvalue weighted by atomic mass is 10.1. The molecule has 1 amide bonds. The lowest BCUT2D eigenvalue weighted by Gasteiger charge is -2.14. The Hall–Kier alpha value is -2.61. The van der Waals surface area contributed by atoms with Crippen molar-refractivity contribution in [2.75, 3.05) is 18.9 Å². The molecule has 3 N–H and O–H groups in total. The zero-order valence-corrected chi connectivity index (χ0v) is 16.3. The van der Waals surface area contributed by atoms with Gasteiger partial charge in [0.25, 0.3) is 0 Å². The number of nitrogens with two attached hydrogens (primary N) is 1. The van der Waals surface area contributed by atoms with Crippen LogP contribution in [0.15, 0.2) is 41.7 Å². The number of esters is 1. The molecule has 0 bridgehead atoms. The number of anilines is 1. The van der Waals surface area contributed by atoms with Gasteiger partial charge in [-0.1, -0.05) is 49.0 Å². The normalized spacial score (nSPS) is 11.6. The van der Waals surface area contributed by atoms with Crippen molar-refractivity contribution in [1.82, 2.24) is 15.3 Å². The topological polar surface area (TPSA) is 107 Å². The molecule has 0 fully saturated rings. The van der Waals surface area contributed by atoms with Crippen LogP contribution < -0.4 is 11.1 Å². The fraction of sp³-hybridized carbons (Fsp3) is 0.368. The van der Waals surface area contributed by atoms with Crippen LogP contribution in [0.3, 0.4) is 0 Å². The molecule has 2 aromatic rings. The highest BCUT2D eigenvalue weighted by molar-refractivity contribution is 8.00. The third-order valence-corrected chi connectivity index (χ3v) is 5.00. The van der Waals surface area contributed by atoms with Crippen molar-refractivity contribution in [3.8, 4) is 0 Å². The lowest BCUT2D eigenvalue weighted by molar-refractivity contribution is -0.120. The molecule has 0 radical (unpaired) electrons. The molecular formula is C19H24N4O3S. The number of benzene rings is 1. The number of aromatic nitrogens is 2. The zero-order valence-electron chi connectivity index (χ0n) is 15.5. The number of ether oxygens (including phenoxy) is 1. The van der Waals surface area contributed by atoms with Crippen LogP contribution in [0, 0.1) is 0 Å². The van der Waals surface area contributed by atoms with Crippen molar-refractivity contribution in [3.05, 3.63) is 47.7 Å². The summed E-state index contributed by atoms with van der Waals surface area (Å²) in [6.07, 6.45) is 2.72. The van der Waals surface area contributed by atoms with Crippen LogP contribution in [-0.2, 0) is 16.0 Å². The van der Waals surface area contributed by atoms with Gasteiger partial charge in [-0.3, -0.25) is 4.79 Å². The van der Waals surface area contributed by atoms with Crippen LogP contribution in [0.25, 0.3) is 0 Å². The van der Waals surface area contributed by atoms with E-state index in [9.17, 15) is 9.59 Å². The van der Waals surface area contributed by atoms with E-state index in [1.807, 2.05) is 37.3 Å². The third-order valence-electron chi connectivity index (χ3n) is 3.76. The zero-order chi connectivity index (χ0) is 19.6. The van der Waals surface area contributed by atoms with Gasteiger partial charge >= 0.3 is 5.97 Å². The van der Waals surface area contributed by atoms with Gasteiger partial charge in [-0.05, 0) is 25.3 Å². The predicted octanol–water partition coefficient (Wildman–Crippen LogP) is 2.47. The molecule has 1 unspecified atom stereocenters. The molecule has 27 heavy (non-hydrogen) atoms. The molecule has 1 aromatic heterocycles. The molecule has 1 heterocycles. The summed E-state index contributed by atoms with van der Waals surface area (Å²) >= 11 is 1.22. The Morgan fingerprint density at radius 1 is 1.26 bits per heavy atom. The molecule has 0 saturated carbocycles. The van der Waals surface area contributed by atoms with Gasteiger partial charge in [-0.2, -0.15) is 0 Å². The average Bonchev–Trinajstić information content (AvgIpc) is 2.67. The molecule has 0 saturated heterocycles. The minimum Gasteiger partial charge on any atom is -0.462 e. The van der Waals surface area contributed by atoms with Crippen LogP contribution in [0.5, 0.6) is 0 Å². The molecule has 0 aliphatic carbocycles. The number of carbonyl (C=O) groups excluding carboxylic acids is 2. The van der Waals surface area contributed by atoms with Gasteiger partial charge in [0.1, 0.15) is 11.4 Å². The Bertz CT molecular complexity index is 771. The highest BCUT2D eigenvalue weighted by Gasteiger charge is 2.20. The Morgan fingerprint density at radius 2 is 2.00 bits per heavy atom. The Balaban J connectivity index is 1.92. The summed E-state index contributed by atoms with van der Waals surface area (Å²) < 4.78 is 4.90. The van der Waals surface area contributed by atoms with Crippen LogP contribution in [0.1, 0.15) is 36.2 Å². The fourth-order valence-electron chi connectivity index (χ4n) is 2.34. The van der Waals surface area contributed by atoms with Crippen molar-refractivity contribution in [2.24, 2.45) is 0 Å². The molecular weight excluding hydrogens is 364 g/mol. The van der Waals surface area contributed by atoms with Crippen LogP contribution >= 0.6 is 11.8 Å². The van der Waals surface area contributed by atoms with E-state index in [0.717, 1.165) is 6.42 Å². The molecule has 0 spiro atoms. The summed E-state index contributed by atoms with van der Waals surface area (Å²) in [6, 6.07) is 9.97. The highest BCUT2D eigenvalue weighted by Crippen LogP contribution is 2.24. The number of nitrogens with zero attached hydrogens (tertiary/aromatic N) is 2. The maximum absolute atomic E-state index is 12.4. The van der Waals surface area contributed by atoms with E-state index in [1.54, 1.807) is 6.92 Å². The summed E-state index contributed by atoms with van der Waals surface area (Å²) in [7, 11) is 0. The number of amides is 1. The first-order valence-electron chi connectivity index (χ1n) is 8.83. The van der Waals surface area contributed by atoms with Gasteiger partial charge in [0.15, 0.2) is 5.16 Å². The first-order chi connectivity index (χ1) is 13.0. The smallest absolute Gasteiger partial charge is 0.343 e. The Morgan fingerprint density at radius 3 is 2.63 bits per heavy atom. The van der Waals surface area contributed by atoms with Gasteiger partial charge in [0.05, 0.1) is 11.9 Å². The molecule has 144 valence electrons. The van der Waals surface area contributed by atoms with Crippen LogP contribution in [-0.4, -0.2) is 40.2 Å². The quantitative estimate of drug-likeness (QED) is 0.386. The number of carbonyl (C=O) groups is 2. The minimum absolute atomic E-state index is 0.0466. The number of hydrogen-bond acceptors (Lipinski definition) is 7. The number of hydrogen-bond donors (Lipinski definition) is 2. The van der Waals surface area contributed by atoms with Crippen molar-refractivity contribution >= 4 is 29.5 Å². The maximum Gasteiger partial charge on any atom is 0.343 e. The average molecular weight is 388 g/mol. The second-order valence-electron chi connectivity index (χ2n) is 5.71. The van der Waals surface area contributed by atoms with Crippen molar-refractivity contribution < 1.29 is 14.3 Å². The minimum atomic E-state index is -0.558. The largest absolute Gasteiger partial charge is 0.462 e. The summed E-state index contributed by atoms with van der Waals surface area (Å²) in [6.45, 7) is 4.44. The highest BCUT2D eigenvalue weighted by atomic mass is 32.2. The van der Waals surface area contributed by atoms with Gasteiger partial charge in [0.2, 0.25) is 5.91 Å². The van der Waals surface area contributed by atoms with E-state index in [0.29, 0.717) is 18.1 Å². The first kappa shape index (κ1) is 20.7. The van der Waals surface area contributed by atoms with Crippen LogP contribution in [0.2, 0.25) is 0 Å². The Labute approximate surface area is 163 Å². The summed E-state index contributed by atoms with van der Waals surface area (Å²) in [5.74, 6) is -0.586. The monoisotopic (exact) mass is 388 g/mol. The number of thioether (sulfide) groups is 1. The Kier molecular flexibility index (Phi) is 8.06. The second kappa shape index (κ2) is 10.5. The van der Waals surface area contributed by atoms with E-state index >= 15 is 0 Å². The third kappa shape index (κ3) is 6.25. The summed E-state index contributed by atoms with van der Waals surface area (Å²) in [4.78, 5) is 32.4. The summed E-state index contributed by atoms with van der Waals surface area (Å²) in [5, 5.41) is 2.96. The molecule has 8 heteroatoms. The van der Waals surface area contributed by atoms with Gasteiger partial charge in [-0.25, -0.2) is 14.8 Å². The molecule has 1 atom stereocenters. The number of rotatable bonds is 9. The molecule has 0 aliphatic rings. The van der Waals surface area contributed by atoms with E-state index < -0.39 is 5.97 Å². The second-order valence-corrected chi connectivity index (χ2v) is 6.88. The number of nitrogen functional groups attached to an aromatic ring is 1. The summed E-state index contributed by atoms with van der Waals surface area (Å²) in [5.41, 5.74) is 7.12. The number of nitrogens with one attached hydrogen (secondary N) is 1. The molecule has 7 nitrogen and oxygen atoms in total. The molecule has 2 rings (SSSR count). The van der Waals surface area contributed by atoms with E-state index in [4.69, 9.17) is 10.5 Å². The van der Waals surface area contributed by atoms with Gasteiger partial charge in [0, 0.05) is 12.7 Å². The first-order valence-corrected chi connectivity index (χ1v) is 9.71. The fourth-order valence-corrected chi connectivity index (χ4v) is 3.22. The predicted molar refractivity (Wildman–Crippen MR) is 105 cm³/mol. The van der Waals surface area contributed by atoms with E-state index in [2.05, 4.69) is 15.3 Å². The van der Waals surface area contributed by atoms with E-state index in [-0.39, 0.29) is 29.1 Å². The van der Waals surface area contributed by atoms with Gasteiger partial charge in [-0.15, -0.1) is 0 Å². The van der Waals surface area contributed by atoms with E-state index in [1.165, 1.54) is 23.5 Å². The lowest BCUT2D eigenvalue weighted by Crippen LogP contribution is -2.33. The van der Waals surface area contributed by atoms with Crippen molar-refractivity contribution in [3.63, 3.8) is 0 Å². The SMILES string of the molecule is CCOC(=O)c1cnc(SC(CC)C(=O)NCCc2ccccc2)nc1N. The van der Waals surface area contributed by atoms with Crippen LogP contribution in [0.4, 0.5) is 5.82 Å². The van der Waals surface area contributed by atoms with Crippen molar-refractivity contribution in [2.45, 2.75) is 37.1 Å². The standard InChI is InChI=1S/C19H24N4O3S/c1-3-15(17(24)21-11-10-13-8-6-5-7-9-13)27-19-22-12-14(16(20)23-19)18(25)26-4-2/h5-9,12,15H,3-4,10-11H2,1-2H3,(H,21,24)(H2,20,22,23). The molecule has 0 aliphatic heterocycles. The van der Waals surface area contributed by atoms with Crippen molar-refractivity contribution in [1.29, 1.82) is 0 Å².